The van der Waals surface area contributed by atoms with Crippen LogP contribution in [-0.2, 0) is 16.3 Å². The van der Waals surface area contributed by atoms with Gasteiger partial charge in [-0.15, -0.1) is 0 Å². The van der Waals surface area contributed by atoms with E-state index in [9.17, 15) is 18.6 Å². The molecule has 0 spiro atoms. The van der Waals surface area contributed by atoms with Gasteiger partial charge in [-0.25, -0.2) is 8.42 Å². The second-order valence-corrected chi connectivity index (χ2v) is 9.41. The minimum Gasteiger partial charge on any atom is -0.508 e. The third kappa shape index (κ3) is 5.83. The summed E-state index contributed by atoms with van der Waals surface area (Å²) in [5.41, 5.74) is 1.81. The van der Waals surface area contributed by atoms with Crippen molar-refractivity contribution in [1.29, 1.82) is 0 Å². The lowest BCUT2D eigenvalue weighted by Crippen LogP contribution is -2.22. The van der Waals surface area contributed by atoms with Crippen LogP contribution in [0.5, 0.6) is 5.75 Å². The maximum atomic E-state index is 12.6. The van der Waals surface area contributed by atoms with Gasteiger partial charge >= 0.3 is 0 Å². The van der Waals surface area contributed by atoms with E-state index in [1.54, 1.807) is 36.4 Å². The lowest BCUT2D eigenvalue weighted by molar-refractivity contribution is 0.175. The molecule has 0 aliphatic carbocycles. The Bertz CT molecular complexity index is 1080. The first-order chi connectivity index (χ1) is 14.4. The van der Waals surface area contributed by atoms with Gasteiger partial charge in [-0.05, 0) is 73.0 Å². The molecule has 0 aliphatic rings. The summed E-state index contributed by atoms with van der Waals surface area (Å²) >= 11 is 5.94. The number of nitrogens with one attached hydrogen (secondary N) is 1. The number of benzene rings is 3. The number of hydrogen-bond acceptors (Lipinski definition) is 5. The monoisotopic (exact) mass is 445 g/mol. The normalized spacial score (nSPS) is 12.6. The number of hydrogen-bond donors (Lipinski definition) is 3. The van der Waals surface area contributed by atoms with Crippen LogP contribution in [0, 0.1) is 0 Å². The maximum absolute atomic E-state index is 12.6. The van der Waals surface area contributed by atoms with Crippen molar-refractivity contribution in [2.75, 3.05) is 13.1 Å². The number of rotatable bonds is 9. The van der Waals surface area contributed by atoms with Crippen LogP contribution in [0.1, 0.15) is 23.7 Å². The Labute approximate surface area is 181 Å². The molecule has 0 saturated heterocycles. The van der Waals surface area contributed by atoms with E-state index < -0.39 is 15.9 Å². The second kappa shape index (κ2) is 10.1. The Balaban J connectivity index is 1.48. The van der Waals surface area contributed by atoms with E-state index in [4.69, 9.17) is 11.6 Å². The highest BCUT2D eigenvalue weighted by Gasteiger charge is 2.17. The van der Waals surface area contributed by atoms with E-state index in [1.165, 1.54) is 24.3 Å². The highest BCUT2D eigenvalue weighted by molar-refractivity contribution is 7.91. The molecule has 0 saturated carbocycles. The molecule has 3 aromatic carbocycles. The molecule has 3 N–H and O–H groups in total. The van der Waals surface area contributed by atoms with Gasteiger partial charge in [0.25, 0.3) is 0 Å². The van der Waals surface area contributed by atoms with E-state index >= 15 is 0 Å². The Kier molecular flexibility index (Phi) is 7.50. The van der Waals surface area contributed by atoms with Crippen molar-refractivity contribution in [3.63, 3.8) is 0 Å². The van der Waals surface area contributed by atoms with Gasteiger partial charge in [0.1, 0.15) is 5.75 Å². The van der Waals surface area contributed by atoms with Crippen molar-refractivity contribution in [1.82, 2.24) is 5.32 Å². The van der Waals surface area contributed by atoms with E-state index in [2.05, 4.69) is 5.32 Å². The minimum absolute atomic E-state index is 0.0673. The second-order valence-electron chi connectivity index (χ2n) is 7.02. The average molecular weight is 446 g/mol. The summed E-state index contributed by atoms with van der Waals surface area (Å²) < 4.78 is 25.3. The maximum Gasteiger partial charge on any atom is 0.206 e. The molecule has 7 heteroatoms. The summed E-state index contributed by atoms with van der Waals surface area (Å²) in [5.74, 6) is -0.0827. The molecule has 1 atom stereocenters. The van der Waals surface area contributed by atoms with E-state index in [-0.39, 0.29) is 15.5 Å². The molecular formula is C23H24ClNO4S. The fourth-order valence-electron chi connectivity index (χ4n) is 3.11. The molecule has 158 valence electrons. The molecule has 0 aliphatic heterocycles. The van der Waals surface area contributed by atoms with Crippen molar-refractivity contribution in [3.8, 4) is 5.75 Å². The fraction of sp³-hybridized carbons (Fsp3) is 0.217. The van der Waals surface area contributed by atoms with Crippen molar-refractivity contribution in [2.45, 2.75) is 28.7 Å². The van der Waals surface area contributed by atoms with Crippen LogP contribution >= 0.6 is 11.6 Å². The third-order valence-corrected chi connectivity index (χ3v) is 6.75. The SMILES string of the molecule is O=S(=O)(c1ccc(CCCNC[C@H](O)c2cccc(Cl)c2)cc1)c1cccc(O)c1. The minimum atomic E-state index is -3.66. The number of sulfone groups is 1. The number of aliphatic hydroxyl groups excluding tert-OH is 1. The van der Waals surface area contributed by atoms with Gasteiger partial charge in [-0.2, -0.15) is 0 Å². The topological polar surface area (TPSA) is 86.6 Å². The summed E-state index contributed by atoms with van der Waals surface area (Å²) in [6.07, 6.45) is 1.01. The standard InChI is InChI=1S/C23H24ClNO4S/c24-19-6-1-5-18(14-19)23(27)16-25-13-3-4-17-9-11-21(12-10-17)30(28,29)22-8-2-7-20(26)15-22/h1-2,5-12,14-15,23,25-27H,3-4,13,16H2/t23-/m0/s1. The molecule has 3 aromatic rings. The summed E-state index contributed by atoms with van der Waals surface area (Å²) in [4.78, 5) is 0.261. The highest BCUT2D eigenvalue weighted by atomic mass is 35.5. The first-order valence-electron chi connectivity index (χ1n) is 9.63. The zero-order valence-electron chi connectivity index (χ0n) is 16.3. The fourth-order valence-corrected chi connectivity index (χ4v) is 4.61. The van der Waals surface area contributed by atoms with Crippen LogP contribution in [0.3, 0.4) is 0 Å². The van der Waals surface area contributed by atoms with Crippen LogP contribution in [0.4, 0.5) is 0 Å². The summed E-state index contributed by atoms with van der Waals surface area (Å²) in [7, 11) is -3.66. The Morgan fingerprint density at radius 2 is 1.67 bits per heavy atom. The molecule has 0 amide bonds. The molecule has 30 heavy (non-hydrogen) atoms. The summed E-state index contributed by atoms with van der Waals surface area (Å²) in [6, 6.07) is 19.6. The number of phenols is 1. The zero-order valence-corrected chi connectivity index (χ0v) is 17.9. The lowest BCUT2D eigenvalue weighted by atomic mass is 10.1. The number of aryl methyl sites for hydroxylation is 1. The molecule has 3 rings (SSSR count). The average Bonchev–Trinajstić information content (AvgIpc) is 2.73. The first kappa shape index (κ1) is 22.3. The number of aromatic hydroxyl groups is 1. The summed E-state index contributed by atoms with van der Waals surface area (Å²) in [6.45, 7) is 1.16. The molecule has 0 fully saturated rings. The molecule has 0 aromatic heterocycles. The van der Waals surface area contributed by atoms with E-state index in [0.29, 0.717) is 11.6 Å². The lowest BCUT2D eigenvalue weighted by Gasteiger charge is -2.12. The molecule has 0 unspecified atom stereocenters. The van der Waals surface area contributed by atoms with Gasteiger partial charge in [0.05, 0.1) is 15.9 Å². The van der Waals surface area contributed by atoms with Crippen LogP contribution in [0.25, 0.3) is 0 Å². The quantitative estimate of drug-likeness (QED) is 0.431. The van der Waals surface area contributed by atoms with Crippen LogP contribution in [0.2, 0.25) is 5.02 Å². The Morgan fingerprint density at radius 3 is 2.37 bits per heavy atom. The van der Waals surface area contributed by atoms with Gasteiger partial charge < -0.3 is 15.5 Å². The third-order valence-electron chi connectivity index (χ3n) is 4.75. The van der Waals surface area contributed by atoms with E-state index in [1.807, 2.05) is 12.1 Å². The molecule has 5 nitrogen and oxygen atoms in total. The van der Waals surface area contributed by atoms with Crippen molar-refractivity contribution in [2.24, 2.45) is 0 Å². The number of halogens is 1. The zero-order chi connectivity index (χ0) is 21.6. The van der Waals surface area contributed by atoms with Gasteiger partial charge in [0, 0.05) is 11.6 Å². The molecule has 0 heterocycles. The van der Waals surface area contributed by atoms with Gasteiger partial charge in [0.15, 0.2) is 0 Å². The molecule has 0 bridgehead atoms. The highest BCUT2D eigenvalue weighted by Crippen LogP contribution is 2.24. The Hall–Kier alpha value is -2.38. The first-order valence-corrected chi connectivity index (χ1v) is 11.5. The van der Waals surface area contributed by atoms with Crippen LogP contribution in [-0.4, -0.2) is 31.7 Å². The Morgan fingerprint density at radius 1 is 0.933 bits per heavy atom. The van der Waals surface area contributed by atoms with Crippen molar-refractivity contribution >= 4 is 21.4 Å². The van der Waals surface area contributed by atoms with Gasteiger partial charge in [-0.1, -0.05) is 41.9 Å². The largest absolute Gasteiger partial charge is 0.508 e. The van der Waals surface area contributed by atoms with Crippen molar-refractivity contribution < 1.29 is 18.6 Å². The predicted octanol–water partition coefficient (Wildman–Crippen LogP) is 4.13. The number of phenolic OH excluding ortho intramolecular Hbond substituents is 1. The van der Waals surface area contributed by atoms with Gasteiger partial charge in [-0.3, -0.25) is 0 Å². The van der Waals surface area contributed by atoms with Crippen LogP contribution in [0.15, 0.2) is 82.6 Å². The predicted molar refractivity (Wildman–Crippen MR) is 118 cm³/mol. The van der Waals surface area contributed by atoms with Gasteiger partial charge in [0.2, 0.25) is 9.84 Å². The molecule has 0 radical (unpaired) electrons. The number of aliphatic hydroxyl groups is 1. The van der Waals surface area contributed by atoms with Crippen molar-refractivity contribution in [3.05, 3.63) is 88.9 Å². The van der Waals surface area contributed by atoms with Crippen LogP contribution < -0.4 is 5.32 Å². The smallest absolute Gasteiger partial charge is 0.206 e. The summed E-state index contributed by atoms with van der Waals surface area (Å²) in [5, 5.41) is 23.5. The van der Waals surface area contributed by atoms with E-state index in [0.717, 1.165) is 30.5 Å². The molecular weight excluding hydrogens is 422 g/mol.